The van der Waals surface area contributed by atoms with Crippen molar-refractivity contribution in [3.05, 3.63) is 83.5 Å². The minimum atomic E-state index is 0. The zero-order valence-electron chi connectivity index (χ0n) is 23.0. The Hall–Kier alpha value is -1.82. The van der Waals surface area contributed by atoms with Crippen LogP contribution >= 0.6 is 0 Å². The topological polar surface area (TPSA) is 0 Å². The fourth-order valence-electron chi connectivity index (χ4n) is 2.63. The van der Waals surface area contributed by atoms with E-state index in [1.165, 1.54) is 17.6 Å². The van der Waals surface area contributed by atoms with Gasteiger partial charge in [0.2, 0.25) is 0 Å². The summed E-state index contributed by atoms with van der Waals surface area (Å²) in [5.74, 6) is 2.12. The van der Waals surface area contributed by atoms with E-state index < -0.39 is 0 Å². The third-order valence-electron chi connectivity index (χ3n) is 4.47. The summed E-state index contributed by atoms with van der Waals surface area (Å²) in [6.45, 7) is 25.3. The van der Waals surface area contributed by atoms with Gasteiger partial charge in [0.05, 0.1) is 0 Å². The standard InChI is InChI=1S/C9H12.2C8H12.3C2H6.2CH4/c1-8(2)9-6-4-3-5-7-9;2*1-7(2)8-5-3-4-6-8;3*1-2;;/h3-8H,1-2H3;3,5-7H,4H2,1-2H3;3-5,7H,6H2,1-2H3;3*1-2H3;2*1H4. The lowest BCUT2D eigenvalue weighted by Crippen LogP contribution is -1.88. The number of benzene rings is 1. The van der Waals surface area contributed by atoms with Crippen LogP contribution in [-0.2, 0) is 0 Å². The summed E-state index contributed by atoms with van der Waals surface area (Å²) in [6.07, 6.45) is 15.6. The summed E-state index contributed by atoms with van der Waals surface area (Å²) in [4.78, 5) is 0. The van der Waals surface area contributed by atoms with Crippen LogP contribution in [0.15, 0.2) is 77.9 Å². The first-order valence-electron chi connectivity index (χ1n) is 12.7. The summed E-state index contributed by atoms with van der Waals surface area (Å²) in [5, 5.41) is 0. The van der Waals surface area contributed by atoms with Crippen molar-refractivity contribution in [3.63, 3.8) is 0 Å². The van der Waals surface area contributed by atoms with Crippen LogP contribution in [0.25, 0.3) is 0 Å². The Morgan fingerprint density at radius 1 is 0.636 bits per heavy atom. The molecule has 33 heavy (non-hydrogen) atoms. The SMILES string of the molecule is C.C.CC.CC.CC.CC(C)C1=CC=CC1.CC(C)C1=CCC=C1.CC(C)c1ccccc1. The fraction of sp³-hybridized carbons (Fsp3) is 0.576. The molecule has 0 heterocycles. The van der Waals surface area contributed by atoms with Crippen molar-refractivity contribution in [2.75, 3.05) is 0 Å². The van der Waals surface area contributed by atoms with Gasteiger partial charge in [-0.05, 0) is 41.7 Å². The largest absolute Gasteiger partial charge is 0.0805 e. The molecule has 0 N–H and O–H groups in total. The number of rotatable bonds is 3. The molecule has 0 fully saturated rings. The van der Waals surface area contributed by atoms with Gasteiger partial charge in [-0.25, -0.2) is 0 Å². The average molecular weight is 459 g/mol. The van der Waals surface area contributed by atoms with Gasteiger partial charge in [-0.3, -0.25) is 0 Å². The van der Waals surface area contributed by atoms with Crippen LogP contribution in [0.5, 0.6) is 0 Å². The lowest BCUT2D eigenvalue weighted by molar-refractivity contribution is 0.753. The summed E-state index contributed by atoms with van der Waals surface area (Å²) >= 11 is 0. The second kappa shape index (κ2) is 30.2. The van der Waals surface area contributed by atoms with Crippen molar-refractivity contribution in [3.8, 4) is 0 Å². The van der Waals surface area contributed by atoms with Crippen molar-refractivity contribution >= 4 is 0 Å². The van der Waals surface area contributed by atoms with Gasteiger partial charge >= 0.3 is 0 Å². The first-order valence-corrected chi connectivity index (χ1v) is 12.7. The Balaban J connectivity index is -0.000000104. The molecule has 0 spiro atoms. The highest BCUT2D eigenvalue weighted by molar-refractivity contribution is 5.27. The van der Waals surface area contributed by atoms with E-state index in [1.54, 1.807) is 5.57 Å². The fourth-order valence-corrected chi connectivity index (χ4v) is 2.63. The minimum absolute atomic E-state index is 0. The smallest absolute Gasteiger partial charge is 0.0130 e. The van der Waals surface area contributed by atoms with Crippen LogP contribution in [0.4, 0.5) is 0 Å². The molecule has 0 bridgehead atoms. The maximum Gasteiger partial charge on any atom is -0.0130 e. The Labute approximate surface area is 212 Å². The van der Waals surface area contributed by atoms with Crippen molar-refractivity contribution in [2.24, 2.45) is 11.8 Å². The number of hydrogen-bond donors (Lipinski definition) is 0. The van der Waals surface area contributed by atoms with Gasteiger partial charge in [-0.15, -0.1) is 0 Å². The molecular formula is C33H62. The molecule has 0 saturated carbocycles. The van der Waals surface area contributed by atoms with Crippen LogP contribution < -0.4 is 0 Å². The van der Waals surface area contributed by atoms with Crippen LogP contribution in [0, 0.1) is 11.8 Å². The zero-order valence-corrected chi connectivity index (χ0v) is 23.0. The maximum absolute atomic E-state index is 2.28. The molecule has 1 aromatic carbocycles. The predicted octanol–water partition coefficient (Wildman–Crippen LogP) is 12.2. The van der Waals surface area contributed by atoms with Gasteiger partial charge in [0.15, 0.2) is 0 Å². The number of allylic oxidation sites excluding steroid dienone is 8. The molecule has 0 amide bonds. The molecule has 2 aliphatic carbocycles. The van der Waals surface area contributed by atoms with Gasteiger partial charge in [0, 0.05) is 0 Å². The summed E-state index contributed by atoms with van der Waals surface area (Å²) < 4.78 is 0. The van der Waals surface area contributed by atoms with E-state index in [-0.39, 0.29) is 14.9 Å². The van der Waals surface area contributed by atoms with Crippen molar-refractivity contribution in [2.45, 2.75) is 117 Å². The highest BCUT2D eigenvalue weighted by Crippen LogP contribution is 2.18. The molecular weight excluding hydrogens is 396 g/mol. The van der Waals surface area contributed by atoms with Crippen LogP contribution in [0.2, 0.25) is 0 Å². The lowest BCUT2D eigenvalue weighted by atomic mass is 10.0. The van der Waals surface area contributed by atoms with E-state index in [9.17, 15) is 0 Å². The van der Waals surface area contributed by atoms with Crippen LogP contribution in [0.1, 0.15) is 122 Å². The van der Waals surface area contributed by atoms with Gasteiger partial charge in [-0.1, -0.05) is 170 Å². The summed E-state index contributed by atoms with van der Waals surface area (Å²) in [6, 6.07) is 10.5. The third kappa shape index (κ3) is 23.1. The van der Waals surface area contributed by atoms with Crippen molar-refractivity contribution in [1.29, 1.82) is 0 Å². The Kier molecular flexibility index (Phi) is 37.9. The van der Waals surface area contributed by atoms with Crippen LogP contribution in [-0.4, -0.2) is 0 Å². The average Bonchev–Trinajstić information content (AvgIpc) is 3.54. The Bertz CT molecular complexity index is 592. The quantitative estimate of drug-likeness (QED) is 0.422. The van der Waals surface area contributed by atoms with Gasteiger partial charge < -0.3 is 0 Å². The van der Waals surface area contributed by atoms with E-state index in [0.29, 0.717) is 11.8 Å². The number of hydrogen-bond acceptors (Lipinski definition) is 0. The van der Waals surface area contributed by atoms with E-state index in [2.05, 4.69) is 102 Å². The highest BCUT2D eigenvalue weighted by Gasteiger charge is 2.02. The monoisotopic (exact) mass is 458 g/mol. The Morgan fingerprint density at radius 3 is 1.36 bits per heavy atom. The van der Waals surface area contributed by atoms with Crippen molar-refractivity contribution < 1.29 is 0 Å². The predicted molar refractivity (Wildman–Crippen MR) is 161 cm³/mol. The molecule has 3 rings (SSSR count). The van der Waals surface area contributed by atoms with E-state index in [4.69, 9.17) is 0 Å². The minimum Gasteiger partial charge on any atom is -0.0805 e. The molecule has 0 aliphatic heterocycles. The van der Waals surface area contributed by atoms with E-state index >= 15 is 0 Å². The first kappa shape index (κ1) is 41.4. The molecule has 0 atom stereocenters. The molecule has 0 radical (unpaired) electrons. The molecule has 0 saturated heterocycles. The second-order valence-electron chi connectivity index (χ2n) is 7.59. The van der Waals surface area contributed by atoms with Gasteiger partial charge in [0.1, 0.15) is 0 Å². The molecule has 0 aromatic heterocycles. The van der Waals surface area contributed by atoms with Gasteiger partial charge in [-0.2, -0.15) is 0 Å². The molecule has 2 aliphatic rings. The molecule has 0 unspecified atom stereocenters. The zero-order chi connectivity index (χ0) is 24.7. The van der Waals surface area contributed by atoms with Crippen molar-refractivity contribution in [1.82, 2.24) is 0 Å². The normalized spacial score (nSPS) is 11.8. The summed E-state index contributed by atoms with van der Waals surface area (Å²) in [5.41, 5.74) is 4.47. The maximum atomic E-state index is 2.28. The second-order valence-corrected chi connectivity index (χ2v) is 7.59. The molecule has 1 aromatic rings. The van der Waals surface area contributed by atoms with E-state index in [1.807, 2.05) is 47.6 Å². The third-order valence-corrected chi connectivity index (χ3v) is 4.47. The highest BCUT2D eigenvalue weighted by atomic mass is 14.1. The molecule has 0 heteroatoms. The first-order chi connectivity index (χ1) is 14.9. The van der Waals surface area contributed by atoms with Gasteiger partial charge in [0.25, 0.3) is 0 Å². The lowest BCUT2D eigenvalue weighted by Gasteiger charge is -2.02. The van der Waals surface area contributed by atoms with Crippen LogP contribution in [0.3, 0.4) is 0 Å². The van der Waals surface area contributed by atoms with E-state index in [0.717, 1.165) is 12.3 Å². The summed E-state index contributed by atoms with van der Waals surface area (Å²) in [7, 11) is 0. The molecule has 0 nitrogen and oxygen atoms in total. The Morgan fingerprint density at radius 2 is 1.15 bits per heavy atom. The molecule has 194 valence electrons.